The number of aryl methyl sites for hydroxylation is 2. The molecule has 0 aliphatic heterocycles. The number of imidazole rings is 1. The molecule has 0 aromatic carbocycles. The first kappa shape index (κ1) is 12.0. The van der Waals surface area contributed by atoms with Gasteiger partial charge in [0.2, 0.25) is 0 Å². The van der Waals surface area contributed by atoms with Crippen LogP contribution in [0, 0.1) is 25.7 Å². The lowest BCUT2D eigenvalue weighted by Gasteiger charge is -1.90. The minimum Gasteiger partial charge on any atom is -0.307 e. The second-order valence-corrected chi connectivity index (χ2v) is 3.59. The van der Waals surface area contributed by atoms with Gasteiger partial charge in [0.1, 0.15) is 29.4 Å². The molecule has 2 aromatic heterocycles. The predicted octanol–water partition coefficient (Wildman–Crippen LogP) is 2.09. The van der Waals surface area contributed by atoms with Crippen LogP contribution in [-0.2, 0) is 0 Å². The lowest BCUT2D eigenvalue weighted by atomic mass is 10.3. The Bertz CT molecular complexity index is 646. The van der Waals surface area contributed by atoms with Crippen LogP contribution in [0.25, 0.3) is 6.20 Å². The van der Waals surface area contributed by atoms with Gasteiger partial charge in [0.05, 0.1) is 0 Å². The SMILES string of the molecule is Cc1nccc(C#Cc2cn(/C=C/F)c(C)n2)n1. The minimum absolute atomic E-state index is 0.458. The molecule has 2 aromatic rings. The van der Waals surface area contributed by atoms with Crippen LogP contribution in [0.2, 0.25) is 0 Å². The van der Waals surface area contributed by atoms with E-state index in [1.165, 1.54) is 6.20 Å². The van der Waals surface area contributed by atoms with Crippen molar-refractivity contribution in [2.24, 2.45) is 0 Å². The zero-order valence-electron chi connectivity index (χ0n) is 10.1. The summed E-state index contributed by atoms with van der Waals surface area (Å²) in [6, 6.07) is 1.73. The number of hydrogen-bond donors (Lipinski definition) is 0. The van der Waals surface area contributed by atoms with E-state index in [0.717, 1.165) is 0 Å². The molecule has 0 fully saturated rings. The highest BCUT2D eigenvalue weighted by molar-refractivity contribution is 5.37. The Labute approximate surface area is 104 Å². The van der Waals surface area contributed by atoms with Gasteiger partial charge in [0.25, 0.3) is 0 Å². The summed E-state index contributed by atoms with van der Waals surface area (Å²) in [7, 11) is 0. The third-order valence-electron chi connectivity index (χ3n) is 2.23. The highest BCUT2D eigenvalue weighted by Gasteiger charge is 1.98. The molecule has 0 aliphatic rings. The van der Waals surface area contributed by atoms with Crippen molar-refractivity contribution in [3.63, 3.8) is 0 Å². The Hall–Kier alpha value is -2.48. The third-order valence-corrected chi connectivity index (χ3v) is 2.23. The molecule has 0 saturated heterocycles. The fourth-order valence-corrected chi connectivity index (χ4v) is 1.41. The van der Waals surface area contributed by atoms with E-state index in [4.69, 9.17) is 0 Å². The molecule has 0 unspecified atom stereocenters. The Balaban J connectivity index is 2.27. The fourth-order valence-electron chi connectivity index (χ4n) is 1.41. The number of aromatic nitrogens is 4. The molecular weight excluding hydrogens is 231 g/mol. The molecule has 0 atom stereocenters. The van der Waals surface area contributed by atoms with Crippen LogP contribution in [0.15, 0.2) is 24.8 Å². The van der Waals surface area contributed by atoms with Gasteiger partial charge in [-0.3, -0.25) is 0 Å². The maximum absolute atomic E-state index is 12.1. The minimum atomic E-state index is 0.458. The van der Waals surface area contributed by atoms with Gasteiger partial charge in [-0.2, -0.15) is 0 Å². The molecule has 90 valence electrons. The van der Waals surface area contributed by atoms with Crippen LogP contribution in [0.1, 0.15) is 23.0 Å². The quantitative estimate of drug-likeness (QED) is 0.719. The predicted molar refractivity (Wildman–Crippen MR) is 66.2 cm³/mol. The third kappa shape index (κ3) is 2.80. The molecular formula is C13H11FN4. The van der Waals surface area contributed by atoms with Crippen LogP contribution >= 0.6 is 0 Å². The number of rotatable bonds is 1. The van der Waals surface area contributed by atoms with Gasteiger partial charge in [0, 0.05) is 18.6 Å². The van der Waals surface area contributed by atoms with E-state index in [2.05, 4.69) is 26.8 Å². The monoisotopic (exact) mass is 242 g/mol. The van der Waals surface area contributed by atoms with Crippen molar-refractivity contribution >= 4 is 6.20 Å². The van der Waals surface area contributed by atoms with Gasteiger partial charge < -0.3 is 4.57 Å². The van der Waals surface area contributed by atoms with E-state index in [-0.39, 0.29) is 0 Å². The average Bonchev–Trinajstić information content (AvgIpc) is 2.69. The standard InChI is InChI=1S/C13H11FN4/c1-10-15-7-5-12(16-10)3-4-13-9-18(8-6-14)11(2)17-13/h5-9H,1-2H3/b8-6+. The van der Waals surface area contributed by atoms with Crippen LogP contribution in [0.4, 0.5) is 4.39 Å². The van der Waals surface area contributed by atoms with E-state index >= 15 is 0 Å². The summed E-state index contributed by atoms with van der Waals surface area (Å²) in [5, 5.41) is 0. The van der Waals surface area contributed by atoms with Crippen molar-refractivity contribution in [2.45, 2.75) is 13.8 Å². The van der Waals surface area contributed by atoms with Gasteiger partial charge in [-0.15, -0.1) is 0 Å². The van der Waals surface area contributed by atoms with Crippen LogP contribution in [0.5, 0.6) is 0 Å². The Morgan fingerprint density at radius 1 is 1.22 bits per heavy atom. The topological polar surface area (TPSA) is 43.6 Å². The second kappa shape index (κ2) is 5.23. The molecule has 0 radical (unpaired) electrons. The molecule has 18 heavy (non-hydrogen) atoms. The van der Waals surface area contributed by atoms with Gasteiger partial charge in [-0.1, -0.05) is 0 Å². The Morgan fingerprint density at radius 2 is 2.00 bits per heavy atom. The second-order valence-electron chi connectivity index (χ2n) is 3.59. The lowest BCUT2D eigenvalue weighted by Crippen LogP contribution is -1.89. The van der Waals surface area contributed by atoms with Crippen LogP contribution in [0.3, 0.4) is 0 Å². The molecule has 2 rings (SSSR count). The molecule has 0 saturated carbocycles. The number of nitrogens with zero attached hydrogens (tertiary/aromatic N) is 4. The summed E-state index contributed by atoms with van der Waals surface area (Å²) in [5.74, 6) is 7.11. The molecule has 0 spiro atoms. The first-order chi connectivity index (χ1) is 8.69. The normalized spacial score (nSPS) is 10.4. The van der Waals surface area contributed by atoms with Crippen molar-refractivity contribution in [3.8, 4) is 11.8 Å². The van der Waals surface area contributed by atoms with E-state index < -0.39 is 0 Å². The van der Waals surface area contributed by atoms with Crippen LogP contribution < -0.4 is 0 Å². The summed E-state index contributed by atoms with van der Waals surface area (Å²) >= 11 is 0. The van der Waals surface area contributed by atoms with Crippen molar-refractivity contribution in [3.05, 3.63) is 47.8 Å². The van der Waals surface area contributed by atoms with Crippen molar-refractivity contribution in [2.75, 3.05) is 0 Å². The Kier molecular flexibility index (Phi) is 3.49. The van der Waals surface area contributed by atoms with Crippen molar-refractivity contribution in [1.82, 2.24) is 19.5 Å². The molecule has 0 amide bonds. The first-order valence-corrected chi connectivity index (χ1v) is 5.33. The maximum Gasteiger partial charge on any atom is 0.132 e. The average molecular weight is 242 g/mol. The molecule has 0 N–H and O–H groups in total. The summed E-state index contributed by atoms with van der Waals surface area (Å²) < 4.78 is 13.6. The Morgan fingerprint density at radius 3 is 2.72 bits per heavy atom. The summed E-state index contributed by atoms with van der Waals surface area (Å²) in [5.41, 5.74) is 1.21. The van der Waals surface area contributed by atoms with Crippen molar-refractivity contribution < 1.29 is 4.39 Å². The highest BCUT2D eigenvalue weighted by atomic mass is 19.1. The first-order valence-electron chi connectivity index (χ1n) is 5.33. The molecule has 0 aliphatic carbocycles. The summed E-state index contributed by atoms with van der Waals surface area (Å²) in [4.78, 5) is 12.3. The molecule has 2 heterocycles. The van der Waals surface area contributed by atoms with Crippen LogP contribution in [-0.4, -0.2) is 19.5 Å². The van der Waals surface area contributed by atoms with E-state index in [1.54, 1.807) is 36.9 Å². The largest absolute Gasteiger partial charge is 0.307 e. The highest BCUT2D eigenvalue weighted by Crippen LogP contribution is 2.02. The van der Waals surface area contributed by atoms with Gasteiger partial charge in [-0.25, -0.2) is 19.3 Å². The van der Waals surface area contributed by atoms with Gasteiger partial charge in [-0.05, 0) is 31.8 Å². The van der Waals surface area contributed by atoms with Crippen molar-refractivity contribution in [1.29, 1.82) is 0 Å². The van der Waals surface area contributed by atoms with E-state index in [1.807, 2.05) is 0 Å². The van der Waals surface area contributed by atoms with E-state index in [0.29, 0.717) is 29.4 Å². The summed E-state index contributed by atoms with van der Waals surface area (Å²) in [6.07, 6.45) is 5.05. The molecule has 4 nitrogen and oxygen atoms in total. The zero-order valence-corrected chi connectivity index (χ0v) is 10.1. The number of halogens is 1. The zero-order chi connectivity index (χ0) is 13.0. The van der Waals surface area contributed by atoms with Gasteiger partial charge >= 0.3 is 0 Å². The van der Waals surface area contributed by atoms with E-state index in [9.17, 15) is 4.39 Å². The van der Waals surface area contributed by atoms with Gasteiger partial charge in [0.15, 0.2) is 0 Å². The number of hydrogen-bond acceptors (Lipinski definition) is 3. The smallest absolute Gasteiger partial charge is 0.132 e. The molecule has 5 heteroatoms. The fraction of sp³-hybridized carbons (Fsp3) is 0.154. The summed E-state index contributed by atoms with van der Waals surface area (Å²) in [6.45, 7) is 3.58. The maximum atomic E-state index is 12.1. The lowest BCUT2D eigenvalue weighted by molar-refractivity contribution is 0.721. The molecule has 0 bridgehead atoms.